The van der Waals surface area contributed by atoms with E-state index in [4.69, 9.17) is 0 Å². The predicted molar refractivity (Wildman–Crippen MR) is 87.8 cm³/mol. The second-order valence-electron chi connectivity index (χ2n) is 7.24. The summed E-state index contributed by atoms with van der Waals surface area (Å²) in [6.07, 6.45) is 5.12. The molecule has 1 aliphatic carbocycles. The summed E-state index contributed by atoms with van der Waals surface area (Å²) >= 11 is 3.42. The number of piperazine rings is 1. The Kier molecular flexibility index (Phi) is 4.15. The summed E-state index contributed by atoms with van der Waals surface area (Å²) in [5, 5.41) is 3.71. The maximum absolute atomic E-state index is 13.8. The van der Waals surface area contributed by atoms with Gasteiger partial charge in [-0.25, -0.2) is 4.39 Å². The molecule has 4 heteroatoms. The van der Waals surface area contributed by atoms with Crippen LogP contribution in [0.1, 0.15) is 45.1 Å². The van der Waals surface area contributed by atoms with Crippen LogP contribution in [-0.2, 0) is 6.54 Å². The number of rotatable bonds is 2. The van der Waals surface area contributed by atoms with Gasteiger partial charge in [0, 0.05) is 30.7 Å². The smallest absolute Gasteiger partial charge is 0.137 e. The molecule has 1 aliphatic heterocycles. The van der Waals surface area contributed by atoms with E-state index in [9.17, 15) is 4.39 Å². The van der Waals surface area contributed by atoms with E-state index in [1.54, 1.807) is 0 Å². The van der Waals surface area contributed by atoms with Crippen molar-refractivity contribution >= 4 is 15.9 Å². The molecule has 1 spiro atoms. The fourth-order valence-corrected chi connectivity index (χ4v) is 4.23. The van der Waals surface area contributed by atoms with Crippen molar-refractivity contribution in [2.45, 2.75) is 57.2 Å². The Morgan fingerprint density at radius 2 is 2.00 bits per heavy atom. The molecule has 0 radical (unpaired) electrons. The van der Waals surface area contributed by atoms with E-state index < -0.39 is 0 Å². The van der Waals surface area contributed by atoms with Crippen LogP contribution in [0.2, 0.25) is 0 Å². The van der Waals surface area contributed by atoms with Crippen molar-refractivity contribution < 1.29 is 4.39 Å². The maximum Gasteiger partial charge on any atom is 0.137 e. The van der Waals surface area contributed by atoms with Crippen molar-refractivity contribution in [1.82, 2.24) is 10.2 Å². The molecule has 1 aromatic rings. The monoisotopic (exact) mass is 354 g/mol. The van der Waals surface area contributed by atoms with Gasteiger partial charge in [0.05, 0.1) is 4.47 Å². The first kappa shape index (κ1) is 15.4. The van der Waals surface area contributed by atoms with E-state index in [1.807, 2.05) is 12.1 Å². The Hall–Kier alpha value is -0.450. The zero-order valence-corrected chi connectivity index (χ0v) is 14.5. The molecule has 1 aromatic carbocycles. The molecule has 0 amide bonds. The topological polar surface area (TPSA) is 15.3 Å². The van der Waals surface area contributed by atoms with Crippen LogP contribution in [0.3, 0.4) is 0 Å². The first-order chi connectivity index (χ1) is 9.92. The molecule has 1 saturated heterocycles. The first-order valence-electron chi connectivity index (χ1n) is 7.85. The van der Waals surface area contributed by atoms with Crippen molar-refractivity contribution in [2.24, 2.45) is 0 Å². The quantitative estimate of drug-likeness (QED) is 0.860. The molecule has 0 aromatic heterocycles. The highest BCUT2D eigenvalue weighted by Gasteiger charge is 2.45. The molecular formula is C17H24BrFN2. The summed E-state index contributed by atoms with van der Waals surface area (Å²) in [7, 11) is 0. The molecule has 2 nitrogen and oxygen atoms in total. The molecule has 21 heavy (non-hydrogen) atoms. The molecule has 116 valence electrons. The minimum absolute atomic E-state index is 0.119. The Balaban J connectivity index is 1.87. The lowest BCUT2D eigenvalue weighted by Crippen LogP contribution is -2.67. The Bertz CT molecular complexity index is 524. The SMILES string of the molecule is CC1(C)CN(Cc2cccc(F)c2Br)C2(CCCC2)CN1. The molecule has 0 bridgehead atoms. The Morgan fingerprint density at radius 1 is 1.29 bits per heavy atom. The van der Waals surface area contributed by atoms with Gasteiger partial charge in [0.15, 0.2) is 0 Å². The van der Waals surface area contributed by atoms with Crippen LogP contribution in [0.4, 0.5) is 4.39 Å². The van der Waals surface area contributed by atoms with Crippen LogP contribution >= 0.6 is 15.9 Å². The van der Waals surface area contributed by atoms with Crippen LogP contribution in [0.15, 0.2) is 22.7 Å². The molecule has 3 rings (SSSR count). The normalized spacial score (nSPS) is 24.6. The second kappa shape index (κ2) is 5.64. The molecular weight excluding hydrogens is 331 g/mol. The number of hydrogen-bond donors (Lipinski definition) is 1. The Labute approximate surface area is 135 Å². The summed E-state index contributed by atoms with van der Waals surface area (Å²) in [5.41, 5.74) is 1.44. The minimum atomic E-state index is -0.164. The highest BCUT2D eigenvalue weighted by Crippen LogP contribution is 2.39. The van der Waals surface area contributed by atoms with Gasteiger partial charge < -0.3 is 5.32 Å². The van der Waals surface area contributed by atoms with Gasteiger partial charge in [0.25, 0.3) is 0 Å². The summed E-state index contributed by atoms with van der Waals surface area (Å²) in [6.45, 7) is 7.39. The number of benzene rings is 1. The highest BCUT2D eigenvalue weighted by molar-refractivity contribution is 9.10. The lowest BCUT2D eigenvalue weighted by molar-refractivity contribution is 0.0120. The average Bonchev–Trinajstić information content (AvgIpc) is 2.89. The van der Waals surface area contributed by atoms with Crippen LogP contribution in [0, 0.1) is 5.82 Å². The van der Waals surface area contributed by atoms with E-state index in [-0.39, 0.29) is 16.9 Å². The number of nitrogens with zero attached hydrogens (tertiary/aromatic N) is 1. The standard InChI is InChI=1S/C17H24BrFN2/c1-16(2)12-21(17(11-20-16)8-3-4-9-17)10-13-6-5-7-14(19)15(13)18/h5-7,20H,3-4,8-12H2,1-2H3. The van der Waals surface area contributed by atoms with Gasteiger partial charge >= 0.3 is 0 Å². The number of nitrogens with one attached hydrogen (secondary N) is 1. The van der Waals surface area contributed by atoms with Crippen molar-refractivity contribution in [1.29, 1.82) is 0 Å². The van der Waals surface area contributed by atoms with Gasteiger partial charge in [0.1, 0.15) is 5.82 Å². The van der Waals surface area contributed by atoms with E-state index in [2.05, 4.69) is 40.0 Å². The zero-order chi connectivity index (χ0) is 15.1. The van der Waals surface area contributed by atoms with Crippen molar-refractivity contribution in [3.63, 3.8) is 0 Å². The first-order valence-corrected chi connectivity index (χ1v) is 8.64. The van der Waals surface area contributed by atoms with Crippen LogP contribution < -0.4 is 5.32 Å². The van der Waals surface area contributed by atoms with Crippen LogP contribution in [0.5, 0.6) is 0 Å². The average molecular weight is 355 g/mol. The summed E-state index contributed by atoms with van der Waals surface area (Å²) < 4.78 is 14.4. The number of hydrogen-bond acceptors (Lipinski definition) is 2. The van der Waals surface area contributed by atoms with Gasteiger partial charge in [0.2, 0.25) is 0 Å². The summed E-state index contributed by atoms with van der Waals surface area (Å²) in [5.74, 6) is -0.164. The van der Waals surface area contributed by atoms with E-state index >= 15 is 0 Å². The van der Waals surface area contributed by atoms with Crippen molar-refractivity contribution in [2.75, 3.05) is 13.1 Å². The third-order valence-corrected chi connectivity index (χ3v) is 5.97. The van der Waals surface area contributed by atoms with Crippen molar-refractivity contribution in [3.8, 4) is 0 Å². The van der Waals surface area contributed by atoms with E-state index in [1.165, 1.54) is 31.7 Å². The van der Waals surface area contributed by atoms with Crippen molar-refractivity contribution in [3.05, 3.63) is 34.1 Å². The molecule has 1 heterocycles. The van der Waals surface area contributed by atoms with Gasteiger partial charge in [-0.1, -0.05) is 25.0 Å². The summed E-state index contributed by atoms with van der Waals surface area (Å²) in [6, 6.07) is 5.36. The predicted octanol–water partition coefficient (Wildman–Crippen LogP) is 4.08. The molecule has 0 atom stereocenters. The molecule has 2 fully saturated rings. The fraction of sp³-hybridized carbons (Fsp3) is 0.647. The third-order valence-electron chi connectivity index (χ3n) is 5.08. The molecule has 1 N–H and O–H groups in total. The third kappa shape index (κ3) is 3.03. The second-order valence-corrected chi connectivity index (χ2v) is 8.03. The lowest BCUT2D eigenvalue weighted by atomic mass is 9.86. The molecule has 2 aliphatic rings. The highest BCUT2D eigenvalue weighted by atomic mass is 79.9. The Morgan fingerprint density at radius 3 is 2.71 bits per heavy atom. The number of halogens is 2. The lowest BCUT2D eigenvalue weighted by Gasteiger charge is -2.51. The van der Waals surface area contributed by atoms with E-state index in [0.717, 1.165) is 25.2 Å². The largest absolute Gasteiger partial charge is 0.309 e. The van der Waals surface area contributed by atoms with Gasteiger partial charge in [-0.15, -0.1) is 0 Å². The zero-order valence-electron chi connectivity index (χ0n) is 12.9. The summed E-state index contributed by atoms with van der Waals surface area (Å²) in [4.78, 5) is 2.59. The van der Waals surface area contributed by atoms with Crippen LogP contribution in [0.25, 0.3) is 0 Å². The van der Waals surface area contributed by atoms with Gasteiger partial charge in [-0.05, 0) is 54.2 Å². The van der Waals surface area contributed by atoms with E-state index in [0.29, 0.717) is 4.47 Å². The molecule has 0 unspecified atom stereocenters. The maximum atomic E-state index is 13.8. The minimum Gasteiger partial charge on any atom is -0.309 e. The fourth-order valence-electron chi connectivity index (χ4n) is 3.84. The molecule has 1 saturated carbocycles. The van der Waals surface area contributed by atoms with Crippen LogP contribution in [-0.4, -0.2) is 29.1 Å². The van der Waals surface area contributed by atoms with Gasteiger partial charge in [-0.3, -0.25) is 4.90 Å². The van der Waals surface area contributed by atoms with Gasteiger partial charge in [-0.2, -0.15) is 0 Å².